The van der Waals surface area contributed by atoms with Crippen LogP contribution in [0.3, 0.4) is 0 Å². The maximum absolute atomic E-state index is 5.94. The minimum atomic E-state index is 0.867. The molecule has 1 aliphatic heterocycles. The van der Waals surface area contributed by atoms with Gasteiger partial charge in [-0.2, -0.15) is 0 Å². The molecular weight excluding hydrogens is 252 g/mol. The number of rotatable bonds is 3. The molecule has 2 heterocycles. The first-order chi connectivity index (χ1) is 9.26. The fourth-order valence-electron chi connectivity index (χ4n) is 2.72. The Morgan fingerprint density at radius 3 is 2.84 bits per heavy atom. The molecule has 19 heavy (non-hydrogen) atoms. The van der Waals surface area contributed by atoms with Crippen LogP contribution in [0.15, 0.2) is 30.3 Å². The molecule has 2 aromatic rings. The summed E-state index contributed by atoms with van der Waals surface area (Å²) in [5, 5.41) is 0. The number of thiophene rings is 1. The Bertz CT molecular complexity index is 574. The van der Waals surface area contributed by atoms with Gasteiger partial charge < -0.3 is 10.6 Å². The lowest BCUT2D eigenvalue weighted by Crippen LogP contribution is -2.28. The summed E-state index contributed by atoms with van der Waals surface area (Å²) in [5.41, 5.74) is 9.57. The van der Waals surface area contributed by atoms with Gasteiger partial charge in [-0.1, -0.05) is 13.0 Å². The topological polar surface area (TPSA) is 29.3 Å². The van der Waals surface area contributed by atoms with Crippen molar-refractivity contribution in [2.75, 3.05) is 17.2 Å². The van der Waals surface area contributed by atoms with E-state index in [4.69, 9.17) is 5.73 Å². The van der Waals surface area contributed by atoms with E-state index in [-0.39, 0.29) is 0 Å². The molecule has 1 aliphatic rings. The average molecular weight is 272 g/mol. The standard InChI is InChI=1S/C16H20N2S/c1-2-14-7-8-15(19-14)11-18-9-3-4-12-5-6-13(17)10-16(12)18/h5-8,10H,2-4,9,11,17H2,1H3. The van der Waals surface area contributed by atoms with Gasteiger partial charge in [0.05, 0.1) is 6.54 Å². The van der Waals surface area contributed by atoms with Crippen LogP contribution in [0.4, 0.5) is 11.4 Å². The Morgan fingerprint density at radius 2 is 2.05 bits per heavy atom. The van der Waals surface area contributed by atoms with Crippen molar-refractivity contribution in [1.29, 1.82) is 0 Å². The van der Waals surface area contributed by atoms with Gasteiger partial charge in [-0.15, -0.1) is 11.3 Å². The third kappa shape index (κ3) is 2.61. The first-order valence-electron chi connectivity index (χ1n) is 6.97. The largest absolute Gasteiger partial charge is 0.399 e. The number of nitrogen functional groups attached to an aromatic ring is 1. The van der Waals surface area contributed by atoms with E-state index in [9.17, 15) is 0 Å². The highest BCUT2D eigenvalue weighted by Gasteiger charge is 2.17. The Morgan fingerprint density at radius 1 is 1.21 bits per heavy atom. The second-order valence-electron chi connectivity index (χ2n) is 5.13. The third-order valence-corrected chi connectivity index (χ3v) is 4.95. The molecular formula is C16H20N2S. The number of hydrogen-bond acceptors (Lipinski definition) is 3. The van der Waals surface area contributed by atoms with E-state index in [0.29, 0.717) is 0 Å². The monoisotopic (exact) mass is 272 g/mol. The number of hydrogen-bond donors (Lipinski definition) is 1. The molecule has 0 fully saturated rings. The lowest BCUT2D eigenvalue weighted by atomic mass is 10.0. The molecule has 0 bridgehead atoms. The Labute approximate surface area is 118 Å². The first-order valence-corrected chi connectivity index (χ1v) is 7.79. The summed E-state index contributed by atoms with van der Waals surface area (Å²) >= 11 is 1.93. The summed E-state index contributed by atoms with van der Waals surface area (Å²) in [5.74, 6) is 0. The van der Waals surface area contributed by atoms with Gasteiger partial charge in [0, 0.05) is 27.7 Å². The molecule has 1 aromatic heterocycles. The Hall–Kier alpha value is -1.48. The SMILES string of the molecule is CCc1ccc(CN2CCCc3ccc(N)cc32)s1. The molecule has 100 valence electrons. The summed E-state index contributed by atoms with van der Waals surface area (Å²) in [6.45, 7) is 4.36. The van der Waals surface area contributed by atoms with E-state index in [1.165, 1.54) is 33.8 Å². The predicted octanol–water partition coefficient (Wildman–Crippen LogP) is 3.85. The smallest absolute Gasteiger partial charge is 0.0523 e. The van der Waals surface area contributed by atoms with Crippen molar-refractivity contribution in [2.45, 2.75) is 32.7 Å². The first kappa shape index (κ1) is 12.5. The third-order valence-electron chi connectivity index (χ3n) is 3.74. The van der Waals surface area contributed by atoms with Crippen LogP contribution in [0.1, 0.15) is 28.7 Å². The Kier molecular flexibility index (Phi) is 3.47. The van der Waals surface area contributed by atoms with Crippen LogP contribution in [0, 0.1) is 0 Å². The molecule has 0 saturated carbocycles. The number of benzene rings is 1. The van der Waals surface area contributed by atoms with Gasteiger partial charge in [0.1, 0.15) is 0 Å². The zero-order valence-corrected chi connectivity index (χ0v) is 12.2. The van der Waals surface area contributed by atoms with Crippen LogP contribution >= 0.6 is 11.3 Å². The van der Waals surface area contributed by atoms with Crippen molar-refractivity contribution in [3.63, 3.8) is 0 Å². The van der Waals surface area contributed by atoms with Gasteiger partial charge in [0.15, 0.2) is 0 Å². The van der Waals surface area contributed by atoms with E-state index in [2.05, 4.69) is 36.1 Å². The summed E-state index contributed by atoms with van der Waals surface area (Å²) in [6.07, 6.45) is 3.55. The zero-order valence-electron chi connectivity index (χ0n) is 11.4. The lowest BCUT2D eigenvalue weighted by Gasteiger charge is -2.31. The molecule has 2 nitrogen and oxygen atoms in total. The van der Waals surface area contributed by atoms with Crippen LogP contribution in [0.25, 0.3) is 0 Å². The summed E-state index contributed by atoms with van der Waals surface area (Å²) in [7, 11) is 0. The second-order valence-corrected chi connectivity index (χ2v) is 6.39. The highest BCUT2D eigenvalue weighted by molar-refractivity contribution is 7.12. The normalized spacial score (nSPS) is 14.5. The molecule has 3 rings (SSSR count). The quantitative estimate of drug-likeness (QED) is 0.860. The average Bonchev–Trinajstić information content (AvgIpc) is 2.87. The molecule has 0 spiro atoms. The van der Waals surface area contributed by atoms with Crippen molar-refractivity contribution >= 4 is 22.7 Å². The molecule has 0 amide bonds. The van der Waals surface area contributed by atoms with Crippen LogP contribution in [-0.4, -0.2) is 6.54 Å². The minimum Gasteiger partial charge on any atom is -0.399 e. The molecule has 0 radical (unpaired) electrons. The highest BCUT2D eigenvalue weighted by Crippen LogP contribution is 2.31. The minimum absolute atomic E-state index is 0.867. The number of nitrogens with two attached hydrogens (primary N) is 1. The zero-order chi connectivity index (χ0) is 13.2. The molecule has 0 atom stereocenters. The van der Waals surface area contributed by atoms with E-state index in [1.54, 1.807) is 0 Å². The number of aryl methyl sites for hydroxylation is 2. The van der Waals surface area contributed by atoms with Gasteiger partial charge in [-0.3, -0.25) is 0 Å². The van der Waals surface area contributed by atoms with E-state index in [1.807, 2.05) is 17.4 Å². The van der Waals surface area contributed by atoms with Crippen molar-refractivity contribution in [2.24, 2.45) is 0 Å². The van der Waals surface area contributed by atoms with Crippen LogP contribution in [0.2, 0.25) is 0 Å². The van der Waals surface area contributed by atoms with Crippen molar-refractivity contribution in [3.8, 4) is 0 Å². The van der Waals surface area contributed by atoms with Gasteiger partial charge >= 0.3 is 0 Å². The Balaban J connectivity index is 1.84. The van der Waals surface area contributed by atoms with Gasteiger partial charge in [-0.05, 0) is 49.1 Å². The van der Waals surface area contributed by atoms with E-state index >= 15 is 0 Å². The summed E-state index contributed by atoms with van der Waals surface area (Å²) in [6, 6.07) is 10.8. The van der Waals surface area contributed by atoms with Gasteiger partial charge in [-0.25, -0.2) is 0 Å². The second kappa shape index (κ2) is 5.25. The van der Waals surface area contributed by atoms with Gasteiger partial charge in [0.2, 0.25) is 0 Å². The summed E-state index contributed by atoms with van der Waals surface area (Å²) in [4.78, 5) is 5.40. The molecule has 0 saturated heterocycles. The lowest BCUT2D eigenvalue weighted by molar-refractivity contribution is 0.695. The van der Waals surface area contributed by atoms with Crippen LogP contribution < -0.4 is 10.6 Å². The van der Waals surface area contributed by atoms with Crippen LogP contribution in [0.5, 0.6) is 0 Å². The molecule has 2 N–H and O–H groups in total. The van der Waals surface area contributed by atoms with Crippen molar-refractivity contribution < 1.29 is 0 Å². The predicted molar refractivity (Wildman–Crippen MR) is 83.9 cm³/mol. The van der Waals surface area contributed by atoms with E-state index in [0.717, 1.165) is 25.2 Å². The number of anilines is 2. The number of fused-ring (bicyclic) bond motifs is 1. The maximum atomic E-state index is 5.94. The number of nitrogens with zero attached hydrogens (tertiary/aromatic N) is 1. The molecule has 3 heteroatoms. The molecule has 0 unspecified atom stereocenters. The highest BCUT2D eigenvalue weighted by atomic mass is 32.1. The van der Waals surface area contributed by atoms with Crippen molar-refractivity contribution in [3.05, 3.63) is 45.6 Å². The fraction of sp³-hybridized carbons (Fsp3) is 0.375. The molecule has 0 aliphatic carbocycles. The summed E-state index contributed by atoms with van der Waals surface area (Å²) < 4.78 is 0. The fourth-order valence-corrected chi connectivity index (χ4v) is 3.69. The van der Waals surface area contributed by atoms with E-state index < -0.39 is 0 Å². The van der Waals surface area contributed by atoms with Crippen molar-refractivity contribution in [1.82, 2.24) is 0 Å². The maximum Gasteiger partial charge on any atom is 0.0523 e. The van der Waals surface area contributed by atoms with Crippen LogP contribution in [-0.2, 0) is 19.4 Å². The molecule has 1 aromatic carbocycles. The van der Waals surface area contributed by atoms with Gasteiger partial charge in [0.25, 0.3) is 0 Å².